The van der Waals surface area contributed by atoms with Crippen molar-refractivity contribution in [3.05, 3.63) is 11.8 Å². The molecule has 1 aliphatic rings. The molecule has 1 fully saturated rings. The second kappa shape index (κ2) is 4.99. The summed E-state index contributed by atoms with van der Waals surface area (Å²) in [5.74, 6) is 0.353. The minimum atomic E-state index is -4.45. The van der Waals surface area contributed by atoms with Gasteiger partial charge in [0.25, 0.3) is 0 Å². The molecule has 7 heteroatoms. The van der Waals surface area contributed by atoms with Crippen molar-refractivity contribution in [2.45, 2.75) is 25.4 Å². The summed E-state index contributed by atoms with van der Waals surface area (Å²) in [6, 6.07) is 1.02. The summed E-state index contributed by atoms with van der Waals surface area (Å²) in [4.78, 5) is 9.41. The molecule has 0 spiro atoms. The molecule has 0 saturated carbocycles. The van der Waals surface area contributed by atoms with E-state index in [-0.39, 0.29) is 5.95 Å². The second-order valence-corrected chi connectivity index (χ2v) is 4.23. The van der Waals surface area contributed by atoms with Gasteiger partial charge >= 0.3 is 6.18 Å². The van der Waals surface area contributed by atoms with Crippen LogP contribution in [0.25, 0.3) is 0 Å². The van der Waals surface area contributed by atoms with Crippen molar-refractivity contribution in [1.82, 2.24) is 9.97 Å². The van der Waals surface area contributed by atoms with E-state index in [2.05, 4.69) is 15.3 Å². The van der Waals surface area contributed by atoms with Gasteiger partial charge in [0.1, 0.15) is 5.82 Å². The lowest BCUT2D eigenvalue weighted by molar-refractivity contribution is -0.141. The topological polar surface area (TPSA) is 41.1 Å². The predicted octanol–water partition coefficient (Wildman–Crippen LogP) is 2.53. The smallest absolute Gasteiger partial charge is 0.357 e. The van der Waals surface area contributed by atoms with Crippen molar-refractivity contribution in [3.63, 3.8) is 0 Å². The molecule has 1 aromatic heterocycles. The number of nitrogens with zero attached hydrogens (tertiary/aromatic N) is 3. The number of hydrogen-bond acceptors (Lipinski definition) is 4. The molecular formula is C11H15F3N4. The number of halogens is 3. The average Bonchev–Trinajstić information content (AvgIpc) is 2.38. The van der Waals surface area contributed by atoms with Crippen LogP contribution in [0.4, 0.5) is 24.9 Å². The molecule has 0 amide bonds. The van der Waals surface area contributed by atoms with Gasteiger partial charge in [0.15, 0.2) is 5.69 Å². The molecule has 100 valence electrons. The van der Waals surface area contributed by atoms with E-state index in [0.29, 0.717) is 5.82 Å². The maximum atomic E-state index is 12.7. The van der Waals surface area contributed by atoms with Crippen molar-refractivity contribution in [2.24, 2.45) is 0 Å². The van der Waals surface area contributed by atoms with Crippen LogP contribution in [-0.2, 0) is 6.18 Å². The molecule has 0 radical (unpaired) electrons. The van der Waals surface area contributed by atoms with Gasteiger partial charge in [-0.2, -0.15) is 18.2 Å². The lowest BCUT2D eigenvalue weighted by atomic mass is 10.1. The largest absolute Gasteiger partial charge is 0.433 e. The third kappa shape index (κ3) is 2.83. The lowest BCUT2D eigenvalue weighted by Gasteiger charge is -2.28. The zero-order chi connectivity index (χ0) is 13.2. The van der Waals surface area contributed by atoms with E-state index in [4.69, 9.17) is 0 Å². The highest BCUT2D eigenvalue weighted by Crippen LogP contribution is 2.31. The van der Waals surface area contributed by atoms with Crippen LogP contribution in [0, 0.1) is 0 Å². The van der Waals surface area contributed by atoms with Crippen LogP contribution >= 0.6 is 0 Å². The second-order valence-electron chi connectivity index (χ2n) is 4.23. The van der Waals surface area contributed by atoms with Crippen LogP contribution < -0.4 is 10.2 Å². The third-order valence-electron chi connectivity index (χ3n) is 2.91. The molecule has 0 atom stereocenters. The fourth-order valence-corrected chi connectivity index (χ4v) is 1.98. The highest BCUT2D eigenvalue weighted by atomic mass is 19.4. The van der Waals surface area contributed by atoms with Gasteiger partial charge < -0.3 is 10.2 Å². The molecule has 1 aromatic rings. The first-order valence-corrected chi connectivity index (χ1v) is 5.89. The highest BCUT2D eigenvalue weighted by molar-refractivity contribution is 5.45. The van der Waals surface area contributed by atoms with Crippen molar-refractivity contribution in [3.8, 4) is 0 Å². The van der Waals surface area contributed by atoms with Gasteiger partial charge in [-0.3, -0.25) is 0 Å². The molecular weight excluding hydrogens is 245 g/mol. The summed E-state index contributed by atoms with van der Waals surface area (Å²) in [6.45, 7) is 1.49. The summed E-state index contributed by atoms with van der Waals surface area (Å²) in [6.07, 6.45) is -1.36. The van der Waals surface area contributed by atoms with Gasteiger partial charge in [0, 0.05) is 26.2 Å². The fraction of sp³-hybridized carbons (Fsp3) is 0.636. The lowest BCUT2D eigenvalue weighted by Crippen LogP contribution is -2.30. The summed E-state index contributed by atoms with van der Waals surface area (Å²) in [5.41, 5.74) is -0.901. The molecule has 1 saturated heterocycles. The SMILES string of the molecule is CNc1nc(N2CCCCC2)cc(C(F)(F)F)n1. The van der Waals surface area contributed by atoms with Gasteiger partial charge in [-0.1, -0.05) is 0 Å². The summed E-state index contributed by atoms with van der Waals surface area (Å²) < 4.78 is 38.1. The molecule has 0 aliphatic carbocycles. The zero-order valence-electron chi connectivity index (χ0n) is 10.1. The van der Waals surface area contributed by atoms with Crippen molar-refractivity contribution < 1.29 is 13.2 Å². The average molecular weight is 260 g/mol. The van der Waals surface area contributed by atoms with E-state index < -0.39 is 11.9 Å². The van der Waals surface area contributed by atoms with Gasteiger partial charge in [-0.15, -0.1) is 0 Å². The summed E-state index contributed by atoms with van der Waals surface area (Å²) in [7, 11) is 1.51. The molecule has 1 aliphatic heterocycles. The molecule has 0 aromatic carbocycles. The number of hydrogen-bond donors (Lipinski definition) is 1. The van der Waals surface area contributed by atoms with E-state index >= 15 is 0 Å². The van der Waals surface area contributed by atoms with Crippen LogP contribution in [0.3, 0.4) is 0 Å². The molecule has 0 bridgehead atoms. The minimum absolute atomic E-state index is 0.00500. The van der Waals surface area contributed by atoms with E-state index in [1.165, 1.54) is 7.05 Å². The van der Waals surface area contributed by atoms with E-state index in [9.17, 15) is 13.2 Å². The Labute approximate surface area is 103 Å². The van der Waals surface area contributed by atoms with Gasteiger partial charge in [-0.05, 0) is 19.3 Å². The van der Waals surface area contributed by atoms with Crippen LogP contribution in [0.15, 0.2) is 6.07 Å². The monoisotopic (exact) mass is 260 g/mol. The minimum Gasteiger partial charge on any atom is -0.357 e. The van der Waals surface area contributed by atoms with Gasteiger partial charge in [0.05, 0.1) is 0 Å². The number of piperidine rings is 1. The fourth-order valence-electron chi connectivity index (χ4n) is 1.98. The van der Waals surface area contributed by atoms with Crippen LogP contribution in [-0.4, -0.2) is 30.1 Å². The van der Waals surface area contributed by atoms with E-state index in [0.717, 1.165) is 38.4 Å². The zero-order valence-corrected chi connectivity index (χ0v) is 10.1. The maximum absolute atomic E-state index is 12.7. The van der Waals surface area contributed by atoms with E-state index in [1.807, 2.05) is 4.90 Å². The Kier molecular flexibility index (Phi) is 3.58. The molecule has 2 heterocycles. The van der Waals surface area contributed by atoms with Crippen LogP contribution in [0.1, 0.15) is 25.0 Å². The Morgan fingerprint density at radius 2 is 1.83 bits per heavy atom. The number of rotatable bonds is 2. The van der Waals surface area contributed by atoms with Gasteiger partial charge in [-0.25, -0.2) is 4.98 Å². The van der Waals surface area contributed by atoms with Gasteiger partial charge in [0.2, 0.25) is 5.95 Å². The van der Waals surface area contributed by atoms with E-state index in [1.54, 1.807) is 0 Å². The first kappa shape index (κ1) is 12.9. The first-order valence-electron chi connectivity index (χ1n) is 5.89. The summed E-state index contributed by atoms with van der Waals surface area (Å²) in [5, 5.41) is 2.57. The Bertz CT molecular complexity index is 413. The Morgan fingerprint density at radius 3 is 2.39 bits per heavy atom. The van der Waals surface area contributed by atoms with Crippen LogP contribution in [0.5, 0.6) is 0 Å². The molecule has 18 heavy (non-hydrogen) atoms. The number of aromatic nitrogens is 2. The Morgan fingerprint density at radius 1 is 1.17 bits per heavy atom. The number of nitrogens with one attached hydrogen (secondary N) is 1. The molecule has 4 nitrogen and oxygen atoms in total. The summed E-state index contributed by atoms with van der Waals surface area (Å²) >= 11 is 0. The highest BCUT2D eigenvalue weighted by Gasteiger charge is 2.34. The van der Waals surface area contributed by atoms with Crippen LogP contribution in [0.2, 0.25) is 0 Å². The number of anilines is 2. The first-order chi connectivity index (χ1) is 8.50. The van der Waals surface area contributed by atoms with Crippen molar-refractivity contribution >= 4 is 11.8 Å². The maximum Gasteiger partial charge on any atom is 0.433 e. The Balaban J connectivity index is 2.34. The number of alkyl halides is 3. The molecule has 1 N–H and O–H groups in total. The predicted molar refractivity (Wildman–Crippen MR) is 62.6 cm³/mol. The quantitative estimate of drug-likeness (QED) is 0.887. The Hall–Kier alpha value is -1.53. The van der Waals surface area contributed by atoms with Crippen molar-refractivity contribution in [2.75, 3.05) is 30.4 Å². The molecule has 0 unspecified atom stereocenters. The normalized spacial score (nSPS) is 16.8. The third-order valence-corrected chi connectivity index (χ3v) is 2.91. The standard InChI is InChI=1S/C11H15F3N4/c1-15-10-16-8(11(12,13)14)7-9(17-10)18-5-3-2-4-6-18/h7H,2-6H2,1H3,(H,15,16,17). The molecule has 2 rings (SSSR count). The van der Waals surface area contributed by atoms with Crippen molar-refractivity contribution in [1.29, 1.82) is 0 Å².